The lowest BCUT2D eigenvalue weighted by atomic mass is 9.98. The molecule has 4 rings (SSSR count). The van der Waals surface area contributed by atoms with Crippen LogP contribution in [0.25, 0.3) is 11.4 Å². The Kier molecular flexibility index (Phi) is 5.07. The monoisotopic (exact) mass is 394 g/mol. The average molecular weight is 394 g/mol. The SMILES string of the molecule is CC(=O)N1CCC(NC(=O)c2ccc(-c3ncon3)cc2)c2ccc(F)cc2C1. The fourth-order valence-electron chi connectivity index (χ4n) is 3.51. The molecule has 0 saturated carbocycles. The largest absolute Gasteiger partial charge is 0.345 e. The molecule has 1 unspecified atom stereocenters. The summed E-state index contributed by atoms with van der Waals surface area (Å²) in [6.07, 6.45) is 1.79. The molecule has 1 aliphatic rings. The van der Waals surface area contributed by atoms with E-state index in [4.69, 9.17) is 4.52 Å². The number of carbonyl (C=O) groups excluding carboxylic acids is 2. The van der Waals surface area contributed by atoms with Crippen molar-refractivity contribution in [1.82, 2.24) is 20.4 Å². The Balaban J connectivity index is 1.55. The second-order valence-electron chi connectivity index (χ2n) is 6.93. The highest BCUT2D eigenvalue weighted by molar-refractivity contribution is 5.94. The number of nitrogens with zero attached hydrogens (tertiary/aromatic N) is 3. The Morgan fingerprint density at radius 1 is 1.21 bits per heavy atom. The Labute approximate surface area is 166 Å². The second-order valence-corrected chi connectivity index (χ2v) is 6.93. The summed E-state index contributed by atoms with van der Waals surface area (Å²) in [5, 5.41) is 6.78. The summed E-state index contributed by atoms with van der Waals surface area (Å²) in [6, 6.07) is 11.0. The topological polar surface area (TPSA) is 88.3 Å². The van der Waals surface area contributed by atoms with E-state index < -0.39 is 0 Å². The van der Waals surface area contributed by atoms with Crippen molar-refractivity contribution < 1.29 is 18.5 Å². The first-order valence-electron chi connectivity index (χ1n) is 9.23. The number of amides is 2. The van der Waals surface area contributed by atoms with Crippen molar-refractivity contribution in [3.05, 3.63) is 71.4 Å². The molecule has 1 atom stereocenters. The van der Waals surface area contributed by atoms with Crippen LogP contribution in [-0.2, 0) is 11.3 Å². The third-order valence-corrected chi connectivity index (χ3v) is 5.05. The number of carbonyl (C=O) groups is 2. The van der Waals surface area contributed by atoms with Gasteiger partial charge in [0, 0.05) is 31.1 Å². The summed E-state index contributed by atoms with van der Waals surface area (Å²) < 4.78 is 18.5. The highest BCUT2D eigenvalue weighted by Gasteiger charge is 2.25. The zero-order chi connectivity index (χ0) is 20.4. The van der Waals surface area contributed by atoms with Crippen LogP contribution in [0, 0.1) is 5.82 Å². The summed E-state index contributed by atoms with van der Waals surface area (Å²) in [5.74, 6) is -0.247. The number of fused-ring (bicyclic) bond motifs is 1. The van der Waals surface area contributed by atoms with Crippen molar-refractivity contribution in [3.63, 3.8) is 0 Å². The van der Waals surface area contributed by atoms with Gasteiger partial charge in [0.25, 0.3) is 5.91 Å². The maximum atomic E-state index is 13.8. The first kappa shape index (κ1) is 18.8. The molecule has 148 valence electrons. The molecule has 8 heteroatoms. The van der Waals surface area contributed by atoms with Crippen molar-refractivity contribution in [2.75, 3.05) is 6.54 Å². The maximum absolute atomic E-state index is 13.8. The van der Waals surface area contributed by atoms with Gasteiger partial charge in [0.2, 0.25) is 18.1 Å². The van der Waals surface area contributed by atoms with Gasteiger partial charge in [-0.05, 0) is 41.8 Å². The highest BCUT2D eigenvalue weighted by Crippen LogP contribution is 2.28. The fourth-order valence-corrected chi connectivity index (χ4v) is 3.51. The molecule has 2 heterocycles. The molecule has 3 aromatic rings. The number of benzene rings is 2. The summed E-state index contributed by atoms with van der Waals surface area (Å²) >= 11 is 0. The van der Waals surface area contributed by atoms with Gasteiger partial charge < -0.3 is 14.7 Å². The quantitative estimate of drug-likeness (QED) is 0.738. The van der Waals surface area contributed by atoms with E-state index in [1.807, 2.05) is 0 Å². The molecule has 29 heavy (non-hydrogen) atoms. The molecular formula is C21H19FN4O3. The first-order chi connectivity index (χ1) is 14.0. The van der Waals surface area contributed by atoms with Crippen LogP contribution in [0.3, 0.4) is 0 Å². The molecule has 1 aromatic heterocycles. The predicted octanol–water partition coefficient (Wildman–Crippen LogP) is 3.10. The molecule has 0 aliphatic carbocycles. The van der Waals surface area contributed by atoms with E-state index in [9.17, 15) is 14.0 Å². The number of hydrogen-bond donors (Lipinski definition) is 1. The maximum Gasteiger partial charge on any atom is 0.251 e. The molecule has 0 saturated heterocycles. The summed E-state index contributed by atoms with van der Waals surface area (Å²) in [4.78, 5) is 30.3. The third-order valence-electron chi connectivity index (χ3n) is 5.05. The van der Waals surface area contributed by atoms with Crippen molar-refractivity contribution in [3.8, 4) is 11.4 Å². The minimum atomic E-state index is -0.365. The van der Waals surface area contributed by atoms with Gasteiger partial charge in [-0.2, -0.15) is 4.98 Å². The van der Waals surface area contributed by atoms with Crippen LogP contribution in [0.2, 0.25) is 0 Å². The molecule has 7 nitrogen and oxygen atoms in total. The smallest absolute Gasteiger partial charge is 0.251 e. The molecule has 0 fully saturated rings. The van der Waals surface area contributed by atoms with E-state index in [2.05, 4.69) is 15.5 Å². The van der Waals surface area contributed by atoms with Crippen LogP contribution in [0.1, 0.15) is 40.9 Å². The number of rotatable bonds is 3. The lowest BCUT2D eigenvalue weighted by Crippen LogP contribution is -2.31. The van der Waals surface area contributed by atoms with E-state index in [-0.39, 0.29) is 23.7 Å². The van der Waals surface area contributed by atoms with Gasteiger partial charge in [-0.15, -0.1) is 0 Å². The number of hydrogen-bond acceptors (Lipinski definition) is 5. The molecule has 0 radical (unpaired) electrons. The average Bonchev–Trinajstić information content (AvgIpc) is 3.19. The standard InChI is InChI=1S/C21H19FN4O3/c1-13(27)26-9-8-19(18-7-6-17(22)10-16(18)11-26)24-21(28)15-4-2-14(3-5-15)20-23-12-29-25-20/h2-7,10,12,19H,8-9,11H2,1H3,(H,24,28). The van der Waals surface area contributed by atoms with Gasteiger partial charge in [0.1, 0.15) is 5.82 Å². The van der Waals surface area contributed by atoms with E-state index in [1.54, 1.807) is 35.2 Å². The van der Waals surface area contributed by atoms with Crippen LogP contribution in [0.4, 0.5) is 4.39 Å². The first-order valence-corrected chi connectivity index (χ1v) is 9.23. The molecular weight excluding hydrogens is 375 g/mol. The van der Waals surface area contributed by atoms with Crippen LogP contribution in [-0.4, -0.2) is 33.4 Å². The van der Waals surface area contributed by atoms with Gasteiger partial charge in [0.05, 0.1) is 6.04 Å². The molecule has 1 N–H and O–H groups in total. The van der Waals surface area contributed by atoms with Crippen molar-refractivity contribution in [1.29, 1.82) is 0 Å². The predicted molar refractivity (Wildman–Crippen MR) is 102 cm³/mol. The summed E-state index contributed by atoms with van der Waals surface area (Å²) in [6.45, 7) is 2.30. The van der Waals surface area contributed by atoms with Crippen molar-refractivity contribution in [2.45, 2.75) is 25.9 Å². The molecule has 1 aliphatic heterocycles. The van der Waals surface area contributed by atoms with Gasteiger partial charge in [0.15, 0.2) is 0 Å². The Hall–Kier alpha value is -3.55. The molecule has 0 spiro atoms. The lowest BCUT2D eigenvalue weighted by Gasteiger charge is -2.19. The summed E-state index contributed by atoms with van der Waals surface area (Å²) in [5.41, 5.74) is 2.75. The van der Waals surface area contributed by atoms with E-state index in [1.165, 1.54) is 25.5 Å². The Bertz CT molecular complexity index is 1030. The fraction of sp³-hybridized carbons (Fsp3) is 0.238. The van der Waals surface area contributed by atoms with E-state index in [0.717, 1.165) is 11.1 Å². The Morgan fingerprint density at radius 2 is 2.00 bits per heavy atom. The van der Waals surface area contributed by atoms with Crippen molar-refractivity contribution >= 4 is 11.8 Å². The molecule has 2 aromatic carbocycles. The van der Waals surface area contributed by atoms with Gasteiger partial charge >= 0.3 is 0 Å². The normalized spacial score (nSPS) is 16.1. The van der Waals surface area contributed by atoms with Crippen LogP contribution in [0.15, 0.2) is 53.4 Å². The van der Waals surface area contributed by atoms with Crippen LogP contribution >= 0.6 is 0 Å². The number of aromatic nitrogens is 2. The molecule has 2 amide bonds. The van der Waals surface area contributed by atoms with Gasteiger partial charge in [-0.3, -0.25) is 9.59 Å². The summed E-state index contributed by atoms with van der Waals surface area (Å²) in [7, 11) is 0. The Morgan fingerprint density at radius 3 is 2.69 bits per heavy atom. The van der Waals surface area contributed by atoms with Crippen molar-refractivity contribution in [2.24, 2.45) is 0 Å². The minimum Gasteiger partial charge on any atom is -0.345 e. The zero-order valence-electron chi connectivity index (χ0n) is 15.8. The van der Waals surface area contributed by atoms with Crippen LogP contribution < -0.4 is 5.32 Å². The zero-order valence-corrected chi connectivity index (χ0v) is 15.8. The lowest BCUT2D eigenvalue weighted by molar-refractivity contribution is -0.129. The number of nitrogens with one attached hydrogen (secondary N) is 1. The minimum absolute atomic E-state index is 0.0794. The highest BCUT2D eigenvalue weighted by atomic mass is 19.1. The number of halogens is 1. The van der Waals surface area contributed by atoms with Gasteiger partial charge in [-0.1, -0.05) is 23.4 Å². The van der Waals surface area contributed by atoms with Crippen LogP contribution in [0.5, 0.6) is 0 Å². The third kappa shape index (κ3) is 4.01. The van der Waals surface area contributed by atoms with Gasteiger partial charge in [-0.25, -0.2) is 4.39 Å². The van der Waals surface area contributed by atoms with E-state index in [0.29, 0.717) is 36.5 Å². The molecule has 0 bridgehead atoms. The second kappa shape index (κ2) is 7.83. The van der Waals surface area contributed by atoms with E-state index >= 15 is 0 Å².